The zero-order valence-corrected chi connectivity index (χ0v) is 13.4. The van der Waals surface area contributed by atoms with E-state index in [-0.39, 0.29) is 18.4 Å². The molecule has 24 heavy (non-hydrogen) atoms. The maximum Gasteiger partial charge on any atom is 0.237 e. The molecule has 2 aromatic heterocycles. The van der Waals surface area contributed by atoms with E-state index >= 15 is 0 Å². The summed E-state index contributed by atoms with van der Waals surface area (Å²) in [6.45, 7) is 0.820. The van der Waals surface area contributed by atoms with E-state index in [0.717, 1.165) is 36.9 Å². The zero-order chi connectivity index (χ0) is 16.3. The minimum absolute atomic E-state index is 0.00950. The van der Waals surface area contributed by atoms with Crippen LogP contribution in [0.1, 0.15) is 36.6 Å². The number of carbonyl (C=O) groups excluding carboxylic acids is 1. The highest BCUT2D eigenvalue weighted by Crippen LogP contribution is 2.46. The van der Waals surface area contributed by atoms with Gasteiger partial charge in [0.05, 0.1) is 29.4 Å². The fourth-order valence-corrected chi connectivity index (χ4v) is 4.86. The monoisotopic (exact) mass is 318 g/mol. The number of hydrogen-bond donors (Lipinski definition) is 0. The van der Waals surface area contributed by atoms with Crippen LogP contribution in [0.5, 0.6) is 0 Å². The number of rotatable bonds is 2. The Labute approximate surface area is 140 Å². The summed E-state index contributed by atoms with van der Waals surface area (Å²) in [5.41, 5.74) is 3.62. The molecule has 1 saturated heterocycles. The van der Waals surface area contributed by atoms with Gasteiger partial charge in [0.1, 0.15) is 6.42 Å². The average molecular weight is 318 g/mol. The highest BCUT2D eigenvalue weighted by molar-refractivity contribution is 5.90. The van der Waals surface area contributed by atoms with Gasteiger partial charge in [-0.25, -0.2) is 0 Å². The molecule has 0 radical (unpaired) electrons. The van der Waals surface area contributed by atoms with E-state index in [1.54, 1.807) is 0 Å². The van der Waals surface area contributed by atoms with Crippen molar-refractivity contribution in [1.29, 1.82) is 5.26 Å². The van der Waals surface area contributed by atoms with Gasteiger partial charge in [0, 0.05) is 36.3 Å². The quantitative estimate of drug-likeness (QED) is 0.855. The van der Waals surface area contributed by atoms with E-state index in [4.69, 9.17) is 5.26 Å². The topological polar surface area (TPSA) is 61.9 Å². The third-order valence-corrected chi connectivity index (χ3v) is 5.82. The van der Waals surface area contributed by atoms with Crippen molar-refractivity contribution in [3.8, 4) is 6.07 Å². The standard InChI is InChI=1S/C19H18N4O/c20-6-4-18(24)23-11-12-8-16(17(23)9-12)22-7-5-13-10-21-15-3-1-2-14(15)19(13)22/h1-2,5,7,10,12,16-17H,3-4,8-9,11H2/t12-,16+,17-/m0/s1. The second kappa shape index (κ2) is 4.94. The predicted molar refractivity (Wildman–Crippen MR) is 90.0 cm³/mol. The normalized spacial score (nSPS) is 27.0. The highest BCUT2D eigenvalue weighted by atomic mass is 16.2. The van der Waals surface area contributed by atoms with E-state index in [9.17, 15) is 4.79 Å². The number of piperidine rings is 1. The Morgan fingerprint density at radius 3 is 3.08 bits per heavy atom. The molecule has 5 rings (SSSR count). The Morgan fingerprint density at radius 2 is 2.25 bits per heavy atom. The van der Waals surface area contributed by atoms with Crippen molar-refractivity contribution < 1.29 is 4.79 Å². The lowest BCUT2D eigenvalue weighted by Crippen LogP contribution is -2.42. The summed E-state index contributed by atoms with van der Waals surface area (Å²) < 4.78 is 2.36. The molecule has 2 fully saturated rings. The molecule has 1 saturated carbocycles. The minimum Gasteiger partial charge on any atom is -0.342 e. The molecule has 0 N–H and O–H groups in total. The van der Waals surface area contributed by atoms with Crippen LogP contribution in [0.4, 0.5) is 0 Å². The van der Waals surface area contributed by atoms with Gasteiger partial charge in [-0.15, -0.1) is 0 Å². The molecule has 3 heterocycles. The van der Waals surface area contributed by atoms with E-state index < -0.39 is 0 Å². The summed E-state index contributed by atoms with van der Waals surface area (Å²) in [6.07, 6.45) is 11.5. The Bertz CT molecular complexity index is 919. The zero-order valence-electron chi connectivity index (χ0n) is 13.4. The molecule has 1 aliphatic heterocycles. The lowest BCUT2D eigenvalue weighted by molar-refractivity contribution is -0.132. The maximum atomic E-state index is 12.3. The van der Waals surface area contributed by atoms with Crippen LogP contribution in [0.15, 0.2) is 24.5 Å². The third kappa shape index (κ3) is 1.80. The number of fused-ring (bicyclic) bond motifs is 5. The number of allylic oxidation sites excluding steroid dienone is 1. The van der Waals surface area contributed by atoms with Crippen LogP contribution in [-0.2, 0) is 11.2 Å². The summed E-state index contributed by atoms with van der Waals surface area (Å²) in [5, 5.41) is 10.0. The van der Waals surface area contributed by atoms with Gasteiger partial charge in [0.25, 0.3) is 0 Å². The molecule has 1 amide bonds. The molecule has 0 aromatic carbocycles. The molecule has 0 unspecified atom stereocenters. The molecule has 2 aliphatic carbocycles. The molecular formula is C19H18N4O. The fraction of sp³-hybridized carbons (Fsp3) is 0.421. The van der Waals surface area contributed by atoms with E-state index in [1.807, 2.05) is 17.2 Å². The molecule has 3 atom stereocenters. The van der Waals surface area contributed by atoms with Gasteiger partial charge in [-0.1, -0.05) is 12.2 Å². The summed E-state index contributed by atoms with van der Waals surface area (Å²) in [4.78, 5) is 18.8. The van der Waals surface area contributed by atoms with Crippen molar-refractivity contribution in [1.82, 2.24) is 14.5 Å². The highest BCUT2D eigenvalue weighted by Gasteiger charge is 2.47. The first-order valence-corrected chi connectivity index (χ1v) is 8.57. The number of likely N-dealkylation sites (tertiary alicyclic amines) is 1. The van der Waals surface area contributed by atoms with E-state index in [1.165, 1.54) is 11.1 Å². The second-order valence-electron chi connectivity index (χ2n) is 7.11. The van der Waals surface area contributed by atoms with Crippen molar-refractivity contribution in [2.24, 2.45) is 5.92 Å². The fourth-order valence-electron chi connectivity index (χ4n) is 4.86. The summed E-state index contributed by atoms with van der Waals surface area (Å²) in [5.74, 6) is 0.545. The van der Waals surface area contributed by atoms with Crippen molar-refractivity contribution in [2.75, 3.05) is 6.54 Å². The molecule has 5 heteroatoms. The Morgan fingerprint density at radius 1 is 1.38 bits per heavy atom. The van der Waals surface area contributed by atoms with Crippen LogP contribution in [-0.4, -0.2) is 32.9 Å². The van der Waals surface area contributed by atoms with Gasteiger partial charge in [-0.05, 0) is 24.8 Å². The molecule has 3 aliphatic rings. The number of amides is 1. The Hall–Kier alpha value is -2.61. The van der Waals surface area contributed by atoms with Gasteiger partial charge >= 0.3 is 0 Å². The minimum atomic E-state index is -0.0158. The molecule has 120 valence electrons. The SMILES string of the molecule is N#CCC(=O)N1C[C@H]2C[C@@H](n3ccc4cnc5c(c43)C=CC5)[C@@H]1C2. The van der Waals surface area contributed by atoms with Crippen molar-refractivity contribution >= 4 is 22.9 Å². The van der Waals surface area contributed by atoms with Crippen molar-refractivity contribution in [2.45, 2.75) is 37.8 Å². The largest absolute Gasteiger partial charge is 0.342 e. The van der Waals surface area contributed by atoms with E-state index in [2.05, 4.69) is 34.0 Å². The van der Waals surface area contributed by atoms with E-state index in [0.29, 0.717) is 12.0 Å². The number of nitriles is 1. The first-order chi connectivity index (χ1) is 11.8. The second-order valence-corrected chi connectivity index (χ2v) is 7.11. The molecular weight excluding hydrogens is 300 g/mol. The van der Waals surface area contributed by atoms with Gasteiger partial charge in [0.2, 0.25) is 5.91 Å². The van der Waals surface area contributed by atoms with Crippen LogP contribution in [0.25, 0.3) is 17.0 Å². The number of aromatic nitrogens is 2. The molecule has 5 nitrogen and oxygen atoms in total. The summed E-state index contributed by atoms with van der Waals surface area (Å²) >= 11 is 0. The van der Waals surface area contributed by atoms with Crippen LogP contribution < -0.4 is 0 Å². The first kappa shape index (κ1) is 13.8. The van der Waals surface area contributed by atoms with Crippen molar-refractivity contribution in [3.05, 3.63) is 35.8 Å². The third-order valence-electron chi connectivity index (χ3n) is 5.82. The molecule has 2 aromatic rings. The number of pyridine rings is 1. The lowest BCUT2D eigenvalue weighted by atomic mass is 10.0. The van der Waals surface area contributed by atoms with Crippen LogP contribution in [0, 0.1) is 17.2 Å². The maximum absolute atomic E-state index is 12.3. The molecule has 2 bridgehead atoms. The van der Waals surface area contributed by atoms with Gasteiger partial charge in [-0.3, -0.25) is 9.78 Å². The van der Waals surface area contributed by atoms with Crippen LogP contribution in [0.2, 0.25) is 0 Å². The van der Waals surface area contributed by atoms with Gasteiger partial charge in [0.15, 0.2) is 0 Å². The van der Waals surface area contributed by atoms with Crippen LogP contribution >= 0.6 is 0 Å². The first-order valence-electron chi connectivity index (χ1n) is 8.57. The van der Waals surface area contributed by atoms with Gasteiger partial charge in [-0.2, -0.15) is 5.26 Å². The van der Waals surface area contributed by atoms with Gasteiger partial charge < -0.3 is 9.47 Å². The lowest BCUT2D eigenvalue weighted by Gasteiger charge is -2.34. The predicted octanol–water partition coefficient (Wildman–Crippen LogP) is 2.68. The Balaban J connectivity index is 1.57. The number of carbonyl (C=O) groups is 1. The Kier molecular flexibility index (Phi) is 2.84. The smallest absolute Gasteiger partial charge is 0.237 e. The summed E-state index contributed by atoms with van der Waals surface area (Å²) in [6, 6.07) is 4.66. The average Bonchev–Trinajstić information content (AvgIpc) is 3.34. The summed E-state index contributed by atoms with van der Waals surface area (Å²) in [7, 11) is 0. The number of hydrogen-bond acceptors (Lipinski definition) is 3. The number of nitrogens with zero attached hydrogens (tertiary/aromatic N) is 4. The van der Waals surface area contributed by atoms with Crippen molar-refractivity contribution in [3.63, 3.8) is 0 Å². The van der Waals surface area contributed by atoms with Crippen LogP contribution in [0.3, 0.4) is 0 Å². The molecule has 0 spiro atoms.